The van der Waals surface area contributed by atoms with E-state index in [4.69, 9.17) is 11.6 Å². The number of likely N-dealkylation sites (N-methyl/N-ethyl adjacent to an activating group) is 1. The van der Waals surface area contributed by atoms with Gasteiger partial charge < -0.3 is 15.5 Å². The number of benzene rings is 2. The average Bonchev–Trinajstić information content (AvgIpc) is 2.66. The molecule has 0 aliphatic carbocycles. The lowest BCUT2D eigenvalue weighted by Crippen LogP contribution is -2.46. The number of urea groups is 1. The predicted octanol–water partition coefficient (Wildman–Crippen LogP) is 3.75. The number of carbonyl (C=O) groups is 2. The third-order valence-electron chi connectivity index (χ3n) is 4.07. The van der Waals surface area contributed by atoms with Gasteiger partial charge in [-0.05, 0) is 37.1 Å². The topological polar surface area (TPSA) is 61.4 Å². The lowest BCUT2D eigenvalue weighted by atomic mass is 10.1. The van der Waals surface area contributed by atoms with Gasteiger partial charge in [-0.1, -0.05) is 54.1 Å². The van der Waals surface area contributed by atoms with Crippen LogP contribution in [0, 0.1) is 0 Å². The van der Waals surface area contributed by atoms with Crippen LogP contribution in [0.1, 0.15) is 31.0 Å². The quantitative estimate of drug-likeness (QED) is 0.776. The van der Waals surface area contributed by atoms with Crippen molar-refractivity contribution in [3.63, 3.8) is 0 Å². The lowest BCUT2D eigenvalue weighted by molar-refractivity contribution is -0.133. The Hall–Kier alpha value is -2.53. The molecule has 0 fully saturated rings. The molecule has 5 nitrogen and oxygen atoms in total. The summed E-state index contributed by atoms with van der Waals surface area (Å²) in [5.74, 6) is -0.126. The van der Waals surface area contributed by atoms with E-state index in [1.54, 1.807) is 17.0 Å². The van der Waals surface area contributed by atoms with Crippen LogP contribution in [-0.2, 0) is 11.3 Å². The Morgan fingerprint density at radius 2 is 1.73 bits per heavy atom. The van der Waals surface area contributed by atoms with Gasteiger partial charge in [-0.15, -0.1) is 0 Å². The van der Waals surface area contributed by atoms with Crippen molar-refractivity contribution in [2.45, 2.75) is 26.4 Å². The minimum absolute atomic E-state index is 0.126. The summed E-state index contributed by atoms with van der Waals surface area (Å²) in [6.45, 7) is 5.34. The average molecular weight is 374 g/mol. The molecule has 0 heterocycles. The number of halogens is 1. The Bertz CT molecular complexity index is 733. The summed E-state index contributed by atoms with van der Waals surface area (Å²) in [5, 5.41) is 6.18. The molecule has 6 heteroatoms. The van der Waals surface area contributed by atoms with Crippen LogP contribution in [0.3, 0.4) is 0 Å². The van der Waals surface area contributed by atoms with Gasteiger partial charge in [-0.25, -0.2) is 4.79 Å². The van der Waals surface area contributed by atoms with Crippen LogP contribution in [0.25, 0.3) is 0 Å². The van der Waals surface area contributed by atoms with Gasteiger partial charge in [0.15, 0.2) is 0 Å². The standard InChI is InChI=1S/C20H24ClN3O2/c1-3-24(4-2)19(25)18(16-10-6-5-7-11-16)23-20(26)22-14-15-9-8-12-17(21)13-15/h5-13,18H,3-4,14H2,1-2H3,(H2,22,23,26)/t18-/m0/s1. The van der Waals surface area contributed by atoms with Gasteiger partial charge in [-0.3, -0.25) is 4.79 Å². The monoisotopic (exact) mass is 373 g/mol. The molecule has 0 saturated carbocycles. The van der Waals surface area contributed by atoms with E-state index in [1.165, 1.54) is 0 Å². The minimum Gasteiger partial charge on any atom is -0.341 e. The maximum atomic E-state index is 12.8. The van der Waals surface area contributed by atoms with Crippen molar-refractivity contribution < 1.29 is 9.59 Å². The van der Waals surface area contributed by atoms with E-state index < -0.39 is 12.1 Å². The fraction of sp³-hybridized carbons (Fsp3) is 0.300. The van der Waals surface area contributed by atoms with E-state index in [0.29, 0.717) is 24.7 Å². The fourth-order valence-electron chi connectivity index (χ4n) is 2.66. The van der Waals surface area contributed by atoms with Gasteiger partial charge in [0.2, 0.25) is 5.91 Å². The van der Waals surface area contributed by atoms with Crippen LogP contribution in [0.15, 0.2) is 54.6 Å². The molecule has 3 amide bonds. The van der Waals surface area contributed by atoms with Crippen molar-refractivity contribution in [3.8, 4) is 0 Å². The van der Waals surface area contributed by atoms with Gasteiger partial charge in [0.25, 0.3) is 0 Å². The summed E-state index contributed by atoms with van der Waals surface area (Å²) >= 11 is 5.95. The Morgan fingerprint density at radius 1 is 1.04 bits per heavy atom. The SMILES string of the molecule is CCN(CC)C(=O)[C@@H](NC(=O)NCc1cccc(Cl)c1)c1ccccc1. The molecule has 0 bridgehead atoms. The molecule has 26 heavy (non-hydrogen) atoms. The van der Waals surface area contributed by atoms with Gasteiger partial charge in [0, 0.05) is 24.7 Å². The predicted molar refractivity (Wildman–Crippen MR) is 104 cm³/mol. The summed E-state index contributed by atoms with van der Waals surface area (Å²) in [4.78, 5) is 26.9. The normalized spacial score (nSPS) is 11.5. The fourth-order valence-corrected chi connectivity index (χ4v) is 2.88. The van der Waals surface area contributed by atoms with Crippen molar-refractivity contribution >= 4 is 23.5 Å². The maximum Gasteiger partial charge on any atom is 0.315 e. The molecular weight excluding hydrogens is 350 g/mol. The first kappa shape index (κ1) is 19.8. The number of nitrogens with zero attached hydrogens (tertiary/aromatic N) is 1. The third-order valence-corrected chi connectivity index (χ3v) is 4.31. The summed E-state index contributed by atoms with van der Waals surface area (Å²) in [6, 6.07) is 15.4. The third kappa shape index (κ3) is 5.49. The van der Waals surface area contributed by atoms with E-state index >= 15 is 0 Å². The second kappa shape index (κ2) is 9.82. The van der Waals surface area contributed by atoms with Crippen molar-refractivity contribution in [2.75, 3.05) is 13.1 Å². The number of hydrogen-bond acceptors (Lipinski definition) is 2. The van der Waals surface area contributed by atoms with Crippen LogP contribution in [0.4, 0.5) is 4.79 Å². The highest BCUT2D eigenvalue weighted by atomic mass is 35.5. The Balaban J connectivity index is 2.08. The highest BCUT2D eigenvalue weighted by molar-refractivity contribution is 6.30. The van der Waals surface area contributed by atoms with Gasteiger partial charge >= 0.3 is 6.03 Å². The second-order valence-electron chi connectivity index (χ2n) is 5.81. The van der Waals surface area contributed by atoms with E-state index in [1.807, 2.05) is 56.3 Å². The molecule has 0 saturated heterocycles. The number of hydrogen-bond donors (Lipinski definition) is 2. The first-order chi connectivity index (χ1) is 12.5. The first-order valence-electron chi connectivity index (χ1n) is 8.67. The molecule has 0 radical (unpaired) electrons. The summed E-state index contributed by atoms with van der Waals surface area (Å²) in [6.07, 6.45) is 0. The van der Waals surface area contributed by atoms with Crippen LogP contribution in [-0.4, -0.2) is 29.9 Å². The number of amides is 3. The maximum absolute atomic E-state index is 12.8. The van der Waals surface area contributed by atoms with E-state index in [2.05, 4.69) is 10.6 Å². The van der Waals surface area contributed by atoms with Crippen molar-refractivity contribution in [2.24, 2.45) is 0 Å². The molecule has 2 aromatic rings. The van der Waals surface area contributed by atoms with Crippen molar-refractivity contribution in [1.82, 2.24) is 15.5 Å². The molecule has 1 atom stereocenters. The van der Waals surface area contributed by atoms with Gasteiger partial charge in [0.1, 0.15) is 6.04 Å². The lowest BCUT2D eigenvalue weighted by Gasteiger charge is -2.26. The first-order valence-corrected chi connectivity index (χ1v) is 9.05. The summed E-state index contributed by atoms with van der Waals surface area (Å²) in [5.41, 5.74) is 1.64. The van der Waals surface area contributed by atoms with Crippen LogP contribution in [0.2, 0.25) is 5.02 Å². The van der Waals surface area contributed by atoms with Crippen LogP contribution < -0.4 is 10.6 Å². The molecule has 2 N–H and O–H groups in total. The van der Waals surface area contributed by atoms with Crippen molar-refractivity contribution in [3.05, 3.63) is 70.7 Å². The van der Waals surface area contributed by atoms with Gasteiger partial charge in [0.05, 0.1) is 0 Å². The Kier molecular flexibility index (Phi) is 7.48. The van der Waals surface area contributed by atoms with E-state index in [0.717, 1.165) is 11.1 Å². The van der Waals surface area contributed by atoms with Crippen LogP contribution >= 0.6 is 11.6 Å². The molecule has 0 aromatic heterocycles. The van der Waals surface area contributed by atoms with Crippen molar-refractivity contribution in [1.29, 1.82) is 0 Å². The number of rotatable bonds is 7. The second-order valence-corrected chi connectivity index (χ2v) is 6.25. The molecule has 0 spiro atoms. The highest BCUT2D eigenvalue weighted by Gasteiger charge is 2.26. The zero-order chi connectivity index (χ0) is 18.9. The zero-order valence-corrected chi connectivity index (χ0v) is 15.8. The largest absolute Gasteiger partial charge is 0.341 e. The van der Waals surface area contributed by atoms with Crippen LogP contribution in [0.5, 0.6) is 0 Å². The minimum atomic E-state index is -0.726. The zero-order valence-electron chi connectivity index (χ0n) is 15.0. The highest BCUT2D eigenvalue weighted by Crippen LogP contribution is 2.16. The summed E-state index contributed by atoms with van der Waals surface area (Å²) < 4.78 is 0. The number of nitrogens with one attached hydrogen (secondary N) is 2. The molecule has 2 rings (SSSR count). The molecule has 138 valence electrons. The molecular formula is C20H24ClN3O2. The summed E-state index contributed by atoms with van der Waals surface area (Å²) in [7, 11) is 0. The van der Waals surface area contributed by atoms with E-state index in [-0.39, 0.29) is 5.91 Å². The van der Waals surface area contributed by atoms with E-state index in [9.17, 15) is 9.59 Å². The molecule has 0 aliphatic heterocycles. The number of carbonyl (C=O) groups excluding carboxylic acids is 2. The Labute approximate surface area is 159 Å². The molecule has 0 unspecified atom stereocenters. The van der Waals surface area contributed by atoms with Gasteiger partial charge in [-0.2, -0.15) is 0 Å². The molecule has 2 aromatic carbocycles. The molecule has 0 aliphatic rings. The smallest absolute Gasteiger partial charge is 0.315 e. The Morgan fingerprint density at radius 3 is 2.35 bits per heavy atom.